The van der Waals surface area contributed by atoms with Crippen molar-refractivity contribution >= 4 is 16.8 Å². The zero-order valence-electron chi connectivity index (χ0n) is 11.8. The Balaban J connectivity index is 1.74. The molecule has 0 spiro atoms. The van der Waals surface area contributed by atoms with Gasteiger partial charge in [-0.25, -0.2) is 0 Å². The van der Waals surface area contributed by atoms with Gasteiger partial charge in [-0.1, -0.05) is 12.1 Å². The molecule has 0 radical (unpaired) electrons. The van der Waals surface area contributed by atoms with Crippen LogP contribution in [-0.2, 0) is 6.54 Å². The van der Waals surface area contributed by atoms with Gasteiger partial charge in [0, 0.05) is 30.4 Å². The van der Waals surface area contributed by atoms with E-state index in [-0.39, 0.29) is 11.9 Å². The Kier molecular flexibility index (Phi) is 2.60. The third kappa shape index (κ3) is 1.77. The van der Waals surface area contributed by atoms with Crippen LogP contribution >= 0.6 is 0 Å². The first-order valence-corrected chi connectivity index (χ1v) is 7.14. The Morgan fingerprint density at radius 1 is 1.29 bits per heavy atom. The summed E-state index contributed by atoms with van der Waals surface area (Å²) in [6.07, 6.45) is 3.82. The molecule has 5 heteroatoms. The van der Waals surface area contributed by atoms with Crippen LogP contribution in [-0.4, -0.2) is 32.1 Å². The van der Waals surface area contributed by atoms with Gasteiger partial charge in [-0.3, -0.25) is 9.89 Å². The Morgan fingerprint density at radius 2 is 2.19 bits per heavy atom. The monoisotopic (exact) mass is 280 g/mol. The van der Waals surface area contributed by atoms with Crippen LogP contribution in [0.25, 0.3) is 10.9 Å². The minimum absolute atomic E-state index is 0.0600. The van der Waals surface area contributed by atoms with Crippen molar-refractivity contribution in [1.82, 2.24) is 19.7 Å². The quantitative estimate of drug-likeness (QED) is 0.745. The van der Waals surface area contributed by atoms with Crippen LogP contribution in [0.4, 0.5) is 0 Å². The summed E-state index contributed by atoms with van der Waals surface area (Å²) in [7, 11) is 0. The fraction of sp³-hybridized carbons (Fsp3) is 0.250. The van der Waals surface area contributed by atoms with E-state index in [2.05, 4.69) is 34.0 Å². The number of nitrogens with one attached hydrogen (secondary N) is 1. The number of para-hydroxylation sites is 1. The van der Waals surface area contributed by atoms with Crippen LogP contribution in [0.15, 0.2) is 42.7 Å². The first-order chi connectivity index (χ1) is 10.3. The van der Waals surface area contributed by atoms with E-state index in [1.54, 1.807) is 6.20 Å². The molecule has 0 saturated heterocycles. The van der Waals surface area contributed by atoms with Crippen molar-refractivity contribution in [3.63, 3.8) is 0 Å². The number of hydrogen-bond acceptors (Lipinski definition) is 2. The van der Waals surface area contributed by atoms with Crippen LogP contribution in [0.3, 0.4) is 0 Å². The van der Waals surface area contributed by atoms with Crippen molar-refractivity contribution in [3.05, 3.63) is 54.0 Å². The van der Waals surface area contributed by atoms with Gasteiger partial charge in [-0.05, 0) is 25.1 Å². The molecule has 0 saturated carbocycles. The highest BCUT2D eigenvalue weighted by molar-refractivity contribution is 6.05. The number of amides is 1. The summed E-state index contributed by atoms with van der Waals surface area (Å²) in [6.45, 7) is 3.65. The van der Waals surface area contributed by atoms with Crippen LogP contribution in [0.2, 0.25) is 0 Å². The van der Waals surface area contributed by atoms with Gasteiger partial charge in [-0.2, -0.15) is 5.10 Å². The van der Waals surface area contributed by atoms with E-state index < -0.39 is 0 Å². The first-order valence-electron chi connectivity index (χ1n) is 7.14. The number of aromatic nitrogens is 3. The number of nitrogens with zero attached hydrogens (tertiary/aromatic N) is 3. The van der Waals surface area contributed by atoms with E-state index in [4.69, 9.17) is 0 Å². The van der Waals surface area contributed by atoms with Crippen molar-refractivity contribution < 1.29 is 4.79 Å². The van der Waals surface area contributed by atoms with Crippen LogP contribution in [0, 0.1) is 0 Å². The lowest BCUT2D eigenvalue weighted by atomic mass is 10.1. The topological polar surface area (TPSA) is 53.9 Å². The highest BCUT2D eigenvalue weighted by Gasteiger charge is 2.29. The molecule has 1 amide bonds. The van der Waals surface area contributed by atoms with Gasteiger partial charge in [0.15, 0.2) is 0 Å². The maximum atomic E-state index is 12.9. The molecule has 21 heavy (non-hydrogen) atoms. The summed E-state index contributed by atoms with van der Waals surface area (Å²) in [6, 6.07) is 9.93. The highest BCUT2D eigenvalue weighted by atomic mass is 16.2. The van der Waals surface area contributed by atoms with Crippen molar-refractivity contribution in [1.29, 1.82) is 0 Å². The van der Waals surface area contributed by atoms with E-state index in [1.165, 1.54) is 5.69 Å². The molecule has 4 rings (SSSR count). The number of hydrogen-bond donors (Lipinski definition) is 1. The molecule has 1 aliphatic heterocycles. The second kappa shape index (κ2) is 4.48. The van der Waals surface area contributed by atoms with E-state index in [9.17, 15) is 4.79 Å². The first kappa shape index (κ1) is 12.2. The minimum Gasteiger partial charge on any atom is -0.348 e. The van der Waals surface area contributed by atoms with Crippen molar-refractivity contribution in [2.45, 2.75) is 19.5 Å². The van der Waals surface area contributed by atoms with Crippen LogP contribution < -0.4 is 0 Å². The Labute approximate surface area is 122 Å². The largest absolute Gasteiger partial charge is 0.348 e. The predicted molar refractivity (Wildman–Crippen MR) is 80.0 cm³/mol. The SMILES string of the molecule is C[C@H]1c2cccn2CCN1C(=O)c1cccc2cn[nH]c12. The Hall–Kier alpha value is -2.56. The number of carbonyl (C=O) groups is 1. The zero-order valence-corrected chi connectivity index (χ0v) is 11.8. The van der Waals surface area contributed by atoms with Gasteiger partial charge in [-0.15, -0.1) is 0 Å². The molecule has 3 heterocycles. The molecular formula is C16H16N4O. The second-order valence-electron chi connectivity index (χ2n) is 5.44. The lowest BCUT2D eigenvalue weighted by Gasteiger charge is -2.35. The average molecular weight is 280 g/mol. The van der Waals surface area contributed by atoms with Gasteiger partial charge in [0.25, 0.3) is 5.91 Å². The third-order valence-corrected chi connectivity index (χ3v) is 4.31. The number of H-pyrrole nitrogens is 1. The summed E-state index contributed by atoms with van der Waals surface area (Å²) in [4.78, 5) is 14.9. The summed E-state index contributed by atoms with van der Waals surface area (Å²) in [5.74, 6) is 0.0600. The van der Waals surface area contributed by atoms with E-state index in [1.807, 2.05) is 29.2 Å². The fourth-order valence-corrected chi connectivity index (χ4v) is 3.16. The summed E-state index contributed by atoms with van der Waals surface area (Å²) < 4.78 is 2.21. The van der Waals surface area contributed by atoms with Gasteiger partial charge >= 0.3 is 0 Å². The Morgan fingerprint density at radius 3 is 3.10 bits per heavy atom. The Bertz CT molecular complexity index is 816. The molecule has 1 aromatic carbocycles. The van der Waals surface area contributed by atoms with Gasteiger partial charge in [0.2, 0.25) is 0 Å². The smallest absolute Gasteiger partial charge is 0.256 e. The fourth-order valence-electron chi connectivity index (χ4n) is 3.16. The maximum absolute atomic E-state index is 12.9. The van der Waals surface area contributed by atoms with E-state index in [0.717, 1.165) is 24.0 Å². The molecule has 3 aromatic rings. The van der Waals surface area contributed by atoms with Gasteiger partial charge < -0.3 is 9.47 Å². The van der Waals surface area contributed by atoms with Crippen molar-refractivity contribution in [2.75, 3.05) is 6.54 Å². The zero-order chi connectivity index (χ0) is 14.4. The van der Waals surface area contributed by atoms with Crippen LogP contribution in [0.1, 0.15) is 29.0 Å². The molecule has 0 unspecified atom stereocenters. The summed E-state index contributed by atoms with van der Waals surface area (Å²) in [5.41, 5.74) is 2.69. The number of aromatic amines is 1. The normalized spacial score (nSPS) is 18.0. The van der Waals surface area contributed by atoms with Gasteiger partial charge in [0.05, 0.1) is 23.3 Å². The second-order valence-corrected chi connectivity index (χ2v) is 5.44. The summed E-state index contributed by atoms with van der Waals surface area (Å²) >= 11 is 0. The molecule has 1 N–H and O–H groups in total. The maximum Gasteiger partial charge on any atom is 0.256 e. The molecule has 106 valence electrons. The molecule has 2 aromatic heterocycles. The molecule has 1 atom stereocenters. The van der Waals surface area contributed by atoms with E-state index >= 15 is 0 Å². The number of carbonyl (C=O) groups excluding carboxylic acids is 1. The number of benzene rings is 1. The predicted octanol–water partition coefficient (Wildman–Crippen LogP) is 2.58. The number of rotatable bonds is 1. The average Bonchev–Trinajstić information content (AvgIpc) is 3.15. The van der Waals surface area contributed by atoms with Crippen molar-refractivity contribution in [3.8, 4) is 0 Å². The number of fused-ring (bicyclic) bond motifs is 2. The lowest BCUT2D eigenvalue weighted by molar-refractivity contribution is 0.0646. The molecule has 5 nitrogen and oxygen atoms in total. The lowest BCUT2D eigenvalue weighted by Crippen LogP contribution is -2.40. The van der Waals surface area contributed by atoms with Crippen molar-refractivity contribution in [2.24, 2.45) is 0 Å². The van der Waals surface area contributed by atoms with E-state index in [0.29, 0.717) is 5.56 Å². The molecule has 1 aliphatic rings. The molecule has 0 bridgehead atoms. The minimum atomic E-state index is 0.0600. The third-order valence-electron chi connectivity index (χ3n) is 4.31. The highest BCUT2D eigenvalue weighted by Crippen LogP contribution is 2.28. The standard InChI is InChI=1S/C16H16N4O/c1-11-14-6-3-7-19(14)8-9-20(11)16(21)13-5-2-4-12-10-17-18-15(12)13/h2-7,10-11H,8-9H2,1H3,(H,17,18)/t11-/m0/s1. The van der Waals surface area contributed by atoms with Gasteiger partial charge in [0.1, 0.15) is 0 Å². The molecule has 0 fully saturated rings. The molecule has 0 aliphatic carbocycles. The van der Waals surface area contributed by atoms with Crippen LogP contribution in [0.5, 0.6) is 0 Å². The summed E-state index contributed by atoms with van der Waals surface area (Å²) in [5, 5.41) is 7.94. The molecular weight excluding hydrogens is 264 g/mol.